The normalized spacial score (nSPS) is 11.8. The fourth-order valence-electron chi connectivity index (χ4n) is 8.62. The Bertz CT molecular complexity index is 3100. The molecule has 0 aliphatic rings. The Labute approximate surface area is 301 Å². The molecule has 0 aliphatic heterocycles. The van der Waals surface area contributed by atoms with E-state index in [1.807, 2.05) is 0 Å². The minimum absolute atomic E-state index is 1.13. The van der Waals surface area contributed by atoms with E-state index in [1.54, 1.807) is 0 Å². The first kappa shape index (κ1) is 28.9. The summed E-state index contributed by atoms with van der Waals surface area (Å²) in [6.45, 7) is 0. The highest BCUT2D eigenvalue weighted by atomic mass is 15.1. The van der Waals surface area contributed by atoms with Crippen LogP contribution in [0.25, 0.3) is 81.7 Å². The van der Waals surface area contributed by atoms with Crippen LogP contribution in [0.5, 0.6) is 0 Å². The third-order valence-corrected chi connectivity index (χ3v) is 10.9. The fraction of sp³-hybridized carbons (Fsp3) is 0. The van der Waals surface area contributed by atoms with Crippen LogP contribution in [0.4, 0.5) is 17.1 Å². The monoisotopic (exact) mass is 660 g/mol. The van der Waals surface area contributed by atoms with Gasteiger partial charge in [-0.05, 0) is 98.0 Å². The van der Waals surface area contributed by atoms with E-state index in [0.717, 1.165) is 11.4 Å². The summed E-state index contributed by atoms with van der Waals surface area (Å²) >= 11 is 0. The molecule has 2 nitrogen and oxygen atoms in total. The highest BCUT2D eigenvalue weighted by Crippen LogP contribution is 2.45. The van der Waals surface area contributed by atoms with Crippen LogP contribution in [0.3, 0.4) is 0 Å². The first-order valence-electron chi connectivity index (χ1n) is 17.9. The smallest absolute Gasteiger partial charge is 0.0620 e. The van der Waals surface area contributed by atoms with E-state index in [2.05, 4.69) is 204 Å². The lowest BCUT2D eigenvalue weighted by molar-refractivity contribution is 1.19. The van der Waals surface area contributed by atoms with Gasteiger partial charge < -0.3 is 9.47 Å². The van der Waals surface area contributed by atoms with Crippen LogP contribution in [0.15, 0.2) is 194 Å². The second-order valence-electron chi connectivity index (χ2n) is 13.7. The Morgan fingerprint density at radius 1 is 0.365 bits per heavy atom. The highest BCUT2D eigenvalue weighted by molar-refractivity contribution is 6.32. The molecule has 1 heterocycles. The fourth-order valence-corrected chi connectivity index (χ4v) is 8.62. The number of anilines is 3. The molecule has 11 aromatic rings. The van der Waals surface area contributed by atoms with Gasteiger partial charge in [0.2, 0.25) is 0 Å². The van der Waals surface area contributed by atoms with Gasteiger partial charge in [0.15, 0.2) is 0 Å². The molecule has 0 amide bonds. The van der Waals surface area contributed by atoms with Gasteiger partial charge in [-0.3, -0.25) is 0 Å². The predicted molar refractivity (Wildman–Crippen MR) is 222 cm³/mol. The summed E-state index contributed by atoms with van der Waals surface area (Å²) in [5, 5.41) is 12.8. The SMILES string of the molecule is c1ccc(N(c2ccc(-c3ccc4ccc5c6c(ccc3c46)cc3c4ccccc4n(-c4ccccc4)c35)cc2)c2cccc3ccccc23)cc1. The molecule has 11 rings (SSSR count). The van der Waals surface area contributed by atoms with Crippen molar-refractivity contribution in [2.24, 2.45) is 0 Å². The van der Waals surface area contributed by atoms with Gasteiger partial charge in [0.1, 0.15) is 0 Å². The minimum Gasteiger partial charge on any atom is -0.310 e. The molecule has 0 bridgehead atoms. The van der Waals surface area contributed by atoms with E-state index < -0.39 is 0 Å². The number of benzene rings is 10. The van der Waals surface area contributed by atoms with Crippen molar-refractivity contribution in [1.29, 1.82) is 0 Å². The average Bonchev–Trinajstić information content (AvgIpc) is 3.55. The number of para-hydroxylation sites is 3. The molecule has 2 heteroatoms. The van der Waals surface area contributed by atoms with Crippen LogP contribution in [0.2, 0.25) is 0 Å². The summed E-state index contributed by atoms with van der Waals surface area (Å²) in [6, 6.07) is 70.9. The number of rotatable bonds is 5. The van der Waals surface area contributed by atoms with Crippen LogP contribution in [-0.4, -0.2) is 4.57 Å². The van der Waals surface area contributed by atoms with E-state index >= 15 is 0 Å². The number of hydrogen-bond acceptors (Lipinski definition) is 1. The standard InChI is InChI=1S/C50H32N2/c1-3-14-37(15-4-1)51(46-21-11-13-33-12-7-8-18-41(33)46)39-27-22-34(23-28-39)40-29-24-35-25-31-44-49-36(26-30-43(40)48(35)49)32-45-42-19-9-10-20-47(42)52(50(44)45)38-16-5-2-6-17-38/h1-32H. The number of fused-ring (bicyclic) bond motifs is 5. The van der Waals surface area contributed by atoms with Crippen molar-refractivity contribution in [2.45, 2.75) is 0 Å². The lowest BCUT2D eigenvalue weighted by Gasteiger charge is -2.27. The molecule has 0 saturated heterocycles. The lowest BCUT2D eigenvalue weighted by atomic mass is 9.89. The summed E-state index contributed by atoms with van der Waals surface area (Å²) in [4.78, 5) is 2.37. The molecule has 242 valence electrons. The minimum atomic E-state index is 1.13. The van der Waals surface area contributed by atoms with Gasteiger partial charge in [0.05, 0.1) is 16.7 Å². The van der Waals surface area contributed by atoms with E-state index in [1.165, 1.54) is 87.4 Å². The van der Waals surface area contributed by atoms with Gasteiger partial charge in [-0.25, -0.2) is 0 Å². The lowest BCUT2D eigenvalue weighted by Crippen LogP contribution is -2.10. The van der Waals surface area contributed by atoms with Crippen molar-refractivity contribution < 1.29 is 0 Å². The molecule has 52 heavy (non-hydrogen) atoms. The van der Waals surface area contributed by atoms with Crippen molar-refractivity contribution in [3.05, 3.63) is 194 Å². The Kier molecular flexibility index (Phi) is 6.28. The Hall–Kier alpha value is -6.90. The maximum atomic E-state index is 2.45. The van der Waals surface area contributed by atoms with Crippen LogP contribution in [-0.2, 0) is 0 Å². The molecule has 10 aromatic carbocycles. The first-order chi connectivity index (χ1) is 25.8. The Balaban J connectivity index is 1.11. The molecule has 0 spiro atoms. The maximum Gasteiger partial charge on any atom is 0.0620 e. The third-order valence-electron chi connectivity index (χ3n) is 10.9. The average molecular weight is 661 g/mol. The van der Waals surface area contributed by atoms with Crippen LogP contribution in [0.1, 0.15) is 0 Å². The molecule has 0 fully saturated rings. The second kappa shape index (κ2) is 11.3. The van der Waals surface area contributed by atoms with Gasteiger partial charge in [0, 0.05) is 38.6 Å². The van der Waals surface area contributed by atoms with Gasteiger partial charge in [0.25, 0.3) is 0 Å². The zero-order chi connectivity index (χ0) is 34.2. The van der Waals surface area contributed by atoms with E-state index in [9.17, 15) is 0 Å². The van der Waals surface area contributed by atoms with Crippen molar-refractivity contribution in [3.8, 4) is 16.8 Å². The van der Waals surface area contributed by atoms with Crippen molar-refractivity contribution in [1.82, 2.24) is 4.57 Å². The summed E-state index contributed by atoms with van der Waals surface area (Å²) in [7, 11) is 0. The summed E-state index contributed by atoms with van der Waals surface area (Å²) in [6.07, 6.45) is 0. The molecular formula is C50H32N2. The van der Waals surface area contributed by atoms with E-state index in [0.29, 0.717) is 0 Å². The van der Waals surface area contributed by atoms with Crippen molar-refractivity contribution >= 4 is 82.0 Å². The number of aromatic nitrogens is 1. The molecule has 0 unspecified atom stereocenters. The summed E-state index contributed by atoms with van der Waals surface area (Å²) < 4.78 is 2.45. The molecule has 0 aliphatic carbocycles. The van der Waals surface area contributed by atoms with Gasteiger partial charge in [-0.15, -0.1) is 0 Å². The van der Waals surface area contributed by atoms with Gasteiger partial charge >= 0.3 is 0 Å². The predicted octanol–water partition coefficient (Wildman–Crippen LogP) is 14.0. The highest BCUT2D eigenvalue weighted by Gasteiger charge is 2.20. The molecule has 0 saturated carbocycles. The van der Waals surface area contributed by atoms with Crippen LogP contribution >= 0.6 is 0 Å². The molecular weight excluding hydrogens is 629 g/mol. The molecule has 0 radical (unpaired) electrons. The van der Waals surface area contributed by atoms with E-state index in [4.69, 9.17) is 0 Å². The third kappa shape index (κ3) is 4.25. The summed E-state index contributed by atoms with van der Waals surface area (Å²) in [5.41, 5.74) is 9.54. The van der Waals surface area contributed by atoms with Crippen molar-refractivity contribution in [2.75, 3.05) is 4.90 Å². The molecule has 0 atom stereocenters. The second-order valence-corrected chi connectivity index (χ2v) is 13.7. The van der Waals surface area contributed by atoms with Crippen LogP contribution < -0.4 is 4.90 Å². The van der Waals surface area contributed by atoms with Gasteiger partial charge in [-0.1, -0.05) is 140 Å². The zero-order valence-electron chi connectivity index (χ0n) is 28.4. The maximum absolute atomic E-state index is 2.45. The number of nitrogens with zero attached hydrogens (tertiary/aromatic N) is 2. The van der Waals surface area contributed by atoms with Crippen LogP contribution in [0, 0.1) is 0 Å². The molecule has 1 aromatic heterocycles. The van der Waals surface area contributed by atoms with Gasteiger partial charge in [-0.2, -0.15) is 0 Å². The van der Waals surface area contributed by atoms with E-state index in [-0.39, 0.29) is 0 Å². The quantitative estimate of drug-likeness (QED) is 0.167. The summed E-state index contributed by atoms with van der Waals surface area (Å²) in [5.74, 6) is 0. The first-order valence-corrected chi connectivity index (χ1v) is 17.9. The number of hydrogen-bond donors (Lipinski definition) is 0. The Morgan fingerprint density at radius 3 is 1.85 bits per heavy atom. The van der Waals surface area contributed by atoms with Crippen molar-refractivity contribution in [3.63, 3.8) is 0 Å². The molecule has 0 N–H and O–H groups in total. The zero-order valence-corrected chi connectivity index (χ0v) is 28.4. The topological polar surface area (TPSA) is 8.17 Å². The largest absolute Gasteiger partial charge is 0.310 e. The Morgan fingerprint density at radius 2 is 1.00 bits per heavy atom.